The smallest absolute Gasteiger partial charge is 0.259 e. The lowest BCUT2D eigenvalue weighted by atomic mass is 9.83. The Balaban J connectivity index is 1.97. The molecule has 0 aliphatic carbocycles. The molecule has 0 saturated heterocycles. The van der Waals surface area contributed by atoms with Gasteiger partial charge in [-0.3, -0.25) is 4.79 Å². The van der Waals surface area contributed by atoms with E-state index in [9.17, 15) is 10.1 Å². The second-order valence-corrected chi connectivity index (χ2v) is 7.07. The molecule has 2 aromatic heterocycles. The quantitative estimate of drug-likeness (QED) is 0.676. The van der Waals surface area contributed by atoms with Crippen molar-refractivity contribution in [2.45, 2.75) is 19.4 Å². The SMILES string of the molecule is COc1ccc(C2C(C#N)=C(N)Oc3cc(C)n(Cc4ccco4)c(=O)c32)c(OC)c1. The number of hydrogen-bond donors (Lipinski definition) is 1. The maximum atomic E-state index is 13.6. The van der Waals surface area contributed by atoms with E-state index in [1.165, 1.54) is 7.11 Å². The molecule has 3 heterocycles. The second-order valence-electron chi connectivity index (χ2n) is 7.07. The van der Waals surface area contributed by atoms with Crippen molar-refractivity contribution < 1.29 is 18.6 Å². The summed E-state index contributed by atoms with van der Waals surface area (Å²) < 4.78 is 23.5. The number of ether oxygens (including phenoxy) is 3. The molecule has 1 aliphatic rings. The normalized spacial score (nSPS) is 15.1. The number of hydrogen-bond acceptors (Lipinski definition) is 7. The molecule has 1 atom stereocenters. The van der Waals surface area contributed by atoms with Crippen molar-refractivity contribution in [2.75, 3.05) is 14.2 Å². The van der Waals surface area contributed by atoms with Gasteiger partial charge in [-0.15, -0.1) is 0 Å². The highest BCUT2D eigenvalue weighted by Crippen LogP contribution is 2.44. The number of nitriles is 1. The predicted octanol–water partition coefficient (Wildman–Crippen LogP) is 3.03. The molecule has 0 fully saturated rings. The van der Waals surface area contributed by atoms with Crippen molar-refractivity contribution in [3.63, 3.8) is 0 Å². The number of aromatic nitrogens is 1. The minimum Gasteiger partial charge on any atom is -0.497 e. The van der Waals surface area contributed by atoms with Gasteiger partial charge in [-0.05, 0) is 25.1 Å². The topological polar surface area (TPSA) is 113 Å². The number of pyridine rings is 1. The maximum Gasteiger partial charge on any atom is 0.259 e. The molecule has 1 aliphatic heterocycles. The Hall–Kier alpha value is -4.12. The van der Waals surface area contributed by atoms with Crippen molar-refractivity contribution in [3.8, 4) is 23.3 Å². The molecule has 8 nitrogen and oxygen atoms in total. The lowest BCUT2D eigenvalue weighted by molar-refractivity contribution is 0.378. The average Bonchev–Trinajstić information content (AvgIpc) is 3.28. The molecule has 0 amide bonds. The van der Waals surface area contributed by atoms with Crippen molar-refractivity contribution >= 4 is 0 Å². The van der Waals surface area contributed by atoms with Crippen LogP contribution in [-0.4, -0.2) is 18.8 Å². The lowest BCUT2D eigenvalue weighted by Crippen LogP contribution is -2.33. The molecule has 1 unspecified atom stereocenters. The van der Waals surface area contributed by atoms with Gasteiger partial charge in [-0.1, -0.05) is 6.07 Å². The minimum atomic E-state index is -0.759. The van der Waals surface area contributed by atoms with E-state index >= 15 is 0 Å². The number of allylic oxidation sites excluding steroid dienone is 1. The number of nitrogens with two attached hydrogens (primary N) is 1. The van der Waals surface area contributed by atoms with Crippen molar-refractivity contribution in [1.29, 1.82) is 5.26 Å². The van der Waals surface area contributed by atoms with Crippen LogP contribution in [0.2, 0.25) is 0 Å². The molecule has 0 saturated carbocycles. The number of rotatable bonds is 5. The molecule has 0 bridgehead atoms. The molecule has 3 aromatic rings. The van der Waals surface area contributed by atoms with Gasteiger partial charge < -0.3 is 28.9 Å². The van der Waals surface area contributed by atoms with Gasteiger partial charge >= 0.3 is 0 Å². The number of methoxy groups -OCH3 is 2. The van der Waals surface area contributed by atoms with Gasteiger partial charge in [-0.25, -0.2) is 0 Å². The van der Waals surface area contributed by atoms with Crippen molar-refractivity contribution in [1.82, 2.24) is 4.57 Å². The van der Waals surface area contributed by atoms with Gasteiger partial charge in [0, 0.05) is 23.4 Å². The zero-order valence-corrected chi connectivity index (χ0v) is 17.3. The Bertz CT molecular complexity index is 1270. The van der Waals surface area contributed by atoms with Gasteiger partial charge in [-0.2, -0.15) is 5.26 Å². The summed E-state index contributed by atoms with van der Waals surface area (Å²) in [4.78, 5) is 13.6. The minimum absolute atomic E-state index is 0.0412. The van der Waals surface area contributed by atoms with Gasteiger partial charge in [0.05, 0.1) is 38.5 Å². The first-order chi connectivity index (χ1) is 15.0. The Morgan fingerprint density at radius 3 is 2.68 bits per heavy atom. The first-order valence-electron chi connectivity index (χ1n) is 9.54. The summed E-state index contributed by atoms with van der Waals surface area (Å²) >= 11 is 0. The van der Waals surface area contributed by atoms with E-state index in [-0.39, 0.29) is 23.6 Å². The van der Waals surface area contributed by atoms with Gasteiger partial charge in [0.1, 0.15) is 34.7 Å². The molecule has 4 rings (SSSR count). The second kappa shape index (κ2) is 7.95. The average molecular weight is 419 g/mol. The highest BCUT2D eigenvalue weighted by Gasteiger charge is 2.36. The third-order valence-corrected chi connectivity index (χ3v) is 5.34. The standard InChI is InChI=1S/C23H21N3O5/c1-13-9-19-21(23(27)26(13)12-15-5-4-8-30-15)20(17(11-24)22(25)31-19)16-7-6-14(28-2)10-18(16)29-3/h4-10,20H,12,25H2,1-3H3. The third kappa shape index (κ3) is 3.40. The van der Waals surface area contributed by atoms with E-state index in [1.54, 1.807) is 61.3 Å². The van der Waals surface area contributed by atoms with E-state index < -0.39 is 5.92 Å². The Morgan fingerprint density at radius 2 is 2.03 bits per heavy atom. The summed E-state index contributed by atoms with van der Waals surface area (Å²) in [6, 6.07) is 12.6. The Kier molecular flexibility index (Phi) is 5.17. The summed E-state index contributed by atoms with van der Waals surface area (Å²) in [5.74, 6) is 1.21. The van der Waals surface area contributed by atoms with Crippen LogP contribution >= 0.6 is 0 Å². The molecule has 8 heteroatoms. The summed E-state index contributed by atoms with van der Waals surface area (Å²) in [6.45, 7) is 2.05. The number of nitrogens with zero attached hydrogens (tertiary/aromatic N) is 2. The molecule has 31 heavy (non-hydrogen) atoms. The Morgan fingerprint density at radius 1 is 1.23 bits per heavy atom. The van der Waals surface area contributed by atoms with Crippen LogP contribution in [0.5, 0.6) is 17.2 Å². The summed E-state index contributed by atoms with van der Waals surface area (Å²) in [5.41, 5.74) is 7.51. The molecular formula is C23H21N3O5. The fourth-order valence-electron chi connectivity index (χ4n) is 3.81. The Labute approximate surface area is 178 Å². The monoisotopic (exact) mass is 419 g/mol. The molecule has 0 spiro atoms. The highest BCUT2D eigenvalue weighted by molar-refractivity contribution is 5.59. The van der Waals surface area contributed by atoms with Crippen LogP contribution in [0, 0.1) is 18.3 Å². The van der Waals surface area contributed by atoms with Crippen LogP contribution < -0.4 is 25.5 Å². The molecule has 158 valence electrons. The number of fused-ring (bicyclic) bond motifs is 1. The molecule has 2 N–H and O–H groups in total. The maximum absolute atomic E-state index is 13.6. The first kappa shape index (κ1) is 20.2. The van der Waals surface area contributed by atoms with Crippen molar-refractivity contribution in [2.24, 2.45) is 5.73 Å². The van der Waals surface area contributed by atoms with Crippen LogP contribution in [-0.2, 0) is 6.54 Å². The van der Waals surface area contributed by atoms with Crippen LogP contribution in [0.3, 0.4) is 0 Å². The molecule has 1 aromatic carbocycles. The van der Waals surface area contributed by atoms with Gasteiger partial charge in [0.25, 0.3) is 5.56 Å². The van der Waals surface area contributed by atoms with Gasteiger partial charge in [0.2, 0.25) is 5.88 Å². The van der Waals surface area contributed by atoms with E-state index in [1.807, 2.05) is 0 Å². The van der Waals surface area contributed by atoms with Gasteiger partial charge in [0.15, 0.2) is 0 Å². The predicted molar refractivity (Wildman–Crippen MR) is 112 cm³/mol. The third-order valence-electron chi connectivity index (χ3n) is 5.34. The van der Waals surface area contributed by atoms with E-state index in [4.69, 9.17) is 24.4 Å². The largest absolute Gasteiger partial charge is 0.497 e. The fraction of sp³-hybridized carbons (Fsp3) is 0.217. The van der Waals surface area contributed by atoms with Crippen LogP contribution in [0.4, 0.5) is 0 Å². The fourth-order valence-corrected chi connectivity index (χ4v) is 3.81. The van der Waals surface area contributed by atoms with Crippen molar-refractivity contribution in [3.05, 3.63) is 87.1 Å². The van der Waals surface area contributed by atoms with Crippen LogP contribution in [0.1, 0.15) is 28.5 Å². The number of aryl methyl sites for hydroxylation is 1. The lowest BCUT2D eigenvalue weighted by Gasteiger charge is -2.28. The summed E-state index contributed by atoms with van der Waals surface area (Å²) in [7, 11) is 3.06. The molecular weight excluding hydrogens is 398 g/mol. The number of benzene rings is 1. The summed E-state index contributed by atoms with van der Waals surface area (Å²) in [5, 5.41) is 9.85. The van der Waals surface area contributed by atoms with Crippen LogP contribution in [0.15, 0.2) is 63.3 Å². The first-order valence-corrected chi connectivity index (χ1v) is 9.54. The van der Waals surface area contributed by atoms with E-state index in [0.717, 1.165) is 0 Å². The zero-order valence-electron chi connectivity index (χ0n) is 17.3. The zero-order chi connectivity index (χ0) is 22.1. The molecule has 0 radical (unpaired) electrons. The van der Waals surface area contributed by atoms with E-state index in [2.05, 4.69) is 6.07 Å². The summed E-state index contributed by atoms with van der Waals surface area (Å²) in [6.07, 6.45) is 1.56. The number of furan rings is 1. The van der Waals surface area contributed by atoms with E-state index in [0.29, 0.717) is 39.8 Å². The highest BCUT2D eigenvalue weighted by atomic mass is 16.5. The van der Waals surface area contributed by atoms with Crippen LogP contribution in [0.25, 0.3) is 0 Å².